The highest BCUT2D eigenvalue weighted by atomic mass is 35.5. The number of ether oxygens (including phenoxy) is 2. The van der Waals surface area contributed by atoms with Crippen molar-refractivity contribution < 1.29 is 18.3 Å². The van der Waals surface area contributed by atoms with Crippen molar-refractivity contribution in [2.45, 2.75) is 6.29 Å². The minimum atomic E-state index is -1.01. The van der Waals surface area contributed by atoms with E-state index in [1.165, 1.54) is 26.5 Å². The van der Waals surface area contributed by atoms with E-state index in [0.717, 1.165) is 6.07 Å². The highest BCUT2D eigenvalue weighted by Crippen LogP contribution is 2.17. The summed E-state index contributed by atoms with van der Waals surface area (Å²) in [6, 6.07) is 2.19. The molecule has 0 N–H and O–H groups in total. The quantitative estimate of drug-likeness (QED) is 0.465. The molecule has 0 aliphatic heterocycles. The van der Waals surface area contributed by atoms with Crippen LogP contribution >= 0.6 is 11.6 Å². The van der Waals surface area contributed by atoms with E-state index in [4.69, 9.17) is 21.1 Å². The zero-order valence-electron chi connectivity index (χ0n) is 9.41. The maximum Gasteiger partial charge on any atom is 0.176 e. The van der Waals surface area contributed by atoms with E-state index in [1.54, 1.807) is 0 Å². The summed E-state index contributed by atoms with van der Waals surface area (Å²) in [7, 11) is 2.92. The zero-order chi connectivity index (χ0) is 12.8. The molecular formula is C11H12ClF2NO2. The second-order valence-corrected chi connectivity index (χ2v) is 3.62. The molecule has 94 valence electrons. The van der Waals surface area contributed by atoms with Crippen LogP contribution in [0.15, 0.2) is 17.1 Å². The molecule has 0 atom stereocenters. The number of methoxy groups -OCH3 is 2. The van der Waals surface area contributed by atoms with Crippen molar-refractivity contribution in [3.05, 3.63) is 34.4 Å². The minimum absolute atomic E-state index is 0.0130. The Hall–Kier alpha value is -1.04. The highest BCUT2D eigenvalue weighted by molar-refractivity contribution is 6.30. The summed E-state index contributed by atoms with van der Waals surface area (Å²) in [5, 5.41) is 0.111. The first kappa shape index (κ1) is 14.0. The van der Waals surface area contributed by atoms with E-state index >= 15 is 0 Å². The summed E-state index contributed by atoms with van der Waals surface area (Å²) >= 11 is 5.60. The Morgan fingerprint density at radius 1 is 1.35 bits per heavy atom. The molecule has 1 aromatic rings. The normalized spacial score (nSPS) is 11.6. The Morgan fingerprint density at radius 2 is 2.00 bits per heavy atom. The van der Waals surface area contributed by atoms with Crippen molar-refractivity contribution in [3.63, 3.8) is 0 Å². The van der Waals surface area contributed by atoms with E-state index in [1.807, 2.05) is 0 Å². The van der Waals surface area contributed by atoms with Gasteiger partial charge in [-0.2, -0.15) is 0 Å². The molecule has 0 amide bonds. The lowest BCUT2D eigenvalue weighted by molar-refractivity contribution is -0.0936. The standard InChI is InChI=1S/C11H12ClF2NO2/c1-16-10(17-2)6-15-5-7-3-8(12)4-9(13)11(7)14/h3-5,10H,6H2,1-2H3. The lowest BCUT2D eigenvalue weighted by Crippen LogP contribution is -2.16. The number of hydrogen-bond donors (Lipinski definition) is 0. The van der Waals surface area contributed by atoms with Gasteiger partial charge in [0, 0.05) is 31.0 Å². The molecule has 0 fully saturated rings. The van der Waals surface area contributed by atoms with Gasteiger partial charge in [-0.15, -0.1) is 0 Å². The number of halogens is 3. The Labute approximate surface area is 103 Å². The van der Waals surface area contributed by atoms with Crippen LogP contribution in [0.4, 0.5) is 8.78 Å². The molecule has 0 aliphatic rings. The van der Waals surface area contributed by atoms with Gasteiger partial charge in [-0.05, 0) is 12.1 Å². The lowest BCUT2D eigenvalue weighted by atomic mass is 10.2. The number of hydrogen-bond acceptors (Lipinski definition) is 3. The van der Waals surface area contributed by atoms with Crippen molar-refractivity contribution in [1.82, 2.24) is 0 Å². The smallest absolute Gasteiger partial charge is 0.176 e. The van der Waals surface area contributed by atoms with Crippen LogP contribution in [0.5, 0.6) is 0 Å². The fourth-order valence-corrected chi connectivity index (χ4v) is 1.37. The van der Waals surface area contributed by atoms with Gasteiger partial charge in [0.15, 0.2) is 17.9 Å². The van der Waals surface area contributed by atoms with Gasteiger partial charge in [0.2, 0.25) is 0 Å². The molecule has 0 saturated carbocycles. The minimum Gasteiger partial charge on any atom is -0.354 e. The van der Waals surface area contributed by atoms with Crippen molar-refractivity contribution in [2.24, 2.45) is 4.99 Å². The number of nitrogens with zero attached hydrogens (tertiary/aromatic N) is 1. The third-order valence-corrected chi connectivity index (χ3v) is 2.25. The fraction of sp³-hybridized carbons (Fsp3) is 0.364. The van der Waals surface area contributed by atoms with Gasteiger partial charge >= 0.3 is 0 Å². The molecule has 0 bridgehead atoms. The van der Waals surface area contributed by atoms with Gasteiger partial charge in [-0.1, -0.05) is 11.6 Å². The molecular weight excluding hydrogens is 252 g/mol. The Morgan fingerprint density at radius 3 is 2.59 bits per heavy atom. The molecule has 0 aromatic heterocycles. The van der Waals surface area contributed by atoms with Gasteiger partial charge in [-0.25, -0.2) is 8.78 Å². The summed E-state index contributed by atoms with van der Waals surface area (Å²) in [4.78, 5) is 3.89. The first-order valence-electron chi connectivity index (χ1n) is 4.78. The topological polar surface area (TPSA) is 30.8 Å². The van der Waals surface area contributed by atoms with Crippen LogP contribution in [-0.4, -0.2) is 33.3 Å². The van der Waals surface area contributed by atoms with Gasteiger partial charge in [0.05, 0.1) is 6.54 Å². The summed E-state index contributed by atoms with van der Waals surface area (Å²) in [5.74, 6) is -1.99. The van der Waals surface area contributed by atoms with Gasteiger partial charge in [0.25, 0.3) is 0 Å². The van der Waals surface area contributed by atoms with Crippen LogP contribution < -0.4 is 0 Å². The molecule has 0 aliphatic carbocycles. The molecule has 6 heteroatoms. The predicted molar refractivity (Wildman–Crippen MR) is 61.6 cm³/mol. The van der Waals surface area contributed by atoms with Gasteiger partial charge < -0.3 is 9.47 Å². The largest absolute Gasteiger partial charge is 0.354 e. The van der Waals surface area contributed by atoms with E-state index in [-0.39, 0.29) is 17.1 Å². The Bertz CT molecular complexity index is 409. The van der Waals surface area contributed by atoms with Crippen molar-refractivity contribution >= 4 is 17.8 Å². The Kier molecular flexibility index (Phi) is 5.47. The summed E-state index contributed by atoms with van der Waals surface area (Å²) in [6.45, 7) is 0.181. The second-order valence-electron chi connectivity index (χ2n) is 3.19. The SMILES string of the molecule is COC(CN=Cc1cc(Cl)cc(F)c1F)OC. The van der Waals surface area contributed by atoms with Gasteiger partial charge in [-0.3, -0.25) is 4.99 Å². The molecule has 1 aromatic carbocycles. The van der Waals surface area contributed by atoms with Crippen molar-refractivity contribution in [2.75, 3.05) is 20.8 Å². The highest BCUT2D eigenvalue weighted by Gasteiger charge is 2.08. The molecule has 0 saturated heterocycles. The number of rotatable bonds is 5. The average Bonchev–Trinajstić information content (AvgIpc) is 2.30. The molecule has 0 spiro atoms. The number of aliphatic imine (C=N–C) groups is 1. The zero-order valence-corrected chi connectivity index (χ0v) is 10.2. The predicted octanol–water partition coefficient (Wildman–Crippen LogP) is 2.66. The first-order valence-corrected chi connectivity index (χ1v) is 5.16. The van der Waals surface area contributed by atoms with E-state index in [2.05, 4.69) is 4.99 Å². The maximum absolute atomic E-state index is 13.3. The second kappa shape index (κ2) is 6.64. The molecule has 17 heavy (non-hydrogen) atoms. The van der Waals surface area contributed by atoms with Crippen LogP contribution in [0, 0.1) is 11.6 Å². The third kappa shape index (κ3) is 4.03. The lowest BCUT2D eigenvalue weighted by Gasteiger charge is -2.09. The first-order chi connectivity index (χ1) is 8.08. The van der Waals surface area contributed by atoms with Crippen molar-refractivity contribution in [3.8, 4) is 0 Å². The van der Waals surface area contributed by atoms with E-state index in [0.29, 0.717) is 0 Å². The van der Waals surface area contributed by atoms with Crippen LogP contribution in [0.2, 0.25) is 5.02 Å². The maximum atomic E-state index is 13.3. The average molecular weight is 264 g/mol. The molecule has 3 nitrogen and oxygen atoms in total. The molecule has 0 unspecified atom stereocenters. The monoisotopic (exact) mass is 263 g/mol. The molecule has 0 radical (unpaired) electrons. The van der Waals surface area contributed by atoms with E-state index in [9.17, 15) is 8.78 Å². The molecule has 0 heterocycles. The van der Waals surface area contributed by atoms with E-state index < -0.39 is 17.9 Å². The van der Waals surface area contributed by atoms with Crippen LogP contribution in [0.3, 0.4) is 0 Å². The number of benzene rings is 1. The third-order valence-electron chi connectivity index (χ3n) is 2.03. The van der Waals surface area contributed by atoms with Gasteiger partial charge in [0.1, 0.15) is 0 Å². The summed E-state index contributed by atoms with van der Waals surface area (Å²) in [5.41, 5.74) is -0.0130. The summed E-state index contributed by atoms with van der Waals surface area (Å²) in [6.07, 6.45) is 0.674. The molecule has 1 rings (SSSR count). The fourth-order valence-electron chi connectivity index (χ4n) is 1.15. The van der Waals surface area contributed by atoms with Crippen LogP contribution in [0.1, 0.15) is 5.56 Å². The van der Waals surface area contributed by atoms with Crippen molar-refractivity contribution in [1.29, 1.82) is 0 Å². The Balaban J connectivity index is 2.77. The van der Waals surface area contributed by atoms with Crippen LogP contribution in [-0.2, 0) is 9.47 Å². The summed E-state index contributed by atoms with van der Waals surface area (Å²) < 4.78 is 36.0. The van der Waals surface area contributed by atoms with Crippen LogP contribution in [0.25, 0.3) is 0 Å².